The first kappa shape index (κ1) is 12.7. The van der Waals surface area contributed by atoms with E-state index in [1.165, 1.54) is 0 Å². The van der Waals surface area contributed by atoms with Gasteiger partial charge in [0.25, 0.3) is 0 Å². The van der Waals surface area contributed by atoms with Gasteiger partial charge in [-0.3, -0.25) is 4.90 Å². The summed E-state index contributed by atoms with van der Waals surface area (Å²) in [6.45, 7) is 10.8. The lowest BCUT2D eigenvalue weighted by atomic mass is 9.91. The van der Waals surface area contributed by atoms with Gasteiger partial charge in [0.05, 0.1) is 0 Å². The molecule has 0 aromatic heterocycles. The van der Waals surface area contributed by atoms with Crippen molar-refractivity contribution in [3.63, 3.8) is 0 Å². The number of hydrogen-bond acceptors (Lipinski definition) is 3. The second kappa shape index (κ2) is 6.22. The number of piperazine rings is 1. The highest BCUT2D eigenvalue weighted by Gasteiger charge is 2.13. The van der Waals surface area contributed by atoms with Crippen LogP contribution in [0.5, 0.6) is 0 Å². The molecule has 0 aromatic rings. The molecule has 1 heterocycles. The molecule has 1 aliphatic carbocycles. The van der Waals surface area contributed by atoms with E-state index in [-0.39, 0.29) is 0 Å². The summed E-state index contributed by atoms with van der Waals surface area (Å²) >= 11 is 0. The molecule has 0 amide bonds. The zero-order valence-electron chi connectivity index (χ0n) is 11.0. The minimum Gasteiger partial charge on any atom is -0.493 e. The largest absolute Gasteiger partial charge is 0.493 e. The average molecular weight is 236 g/mol. The Morgan fingerprint density at radius 2 is 2.06 bits per heavy atom. The van der Waals surface area contributed by atoms with Crippen LogP contribution in [-0.4, -0.2) is 44.2 Å². The molecule has 3 nitrogen and oxygen atoms in total. The molecule has 1 saturated heterocycles. The fourth-order valence-corrected chi connectivity index (χ4v) is 2.21. The van der Waals surface area contributed by atoms with Gasteiger partial charge < -0.3 is 10.1 Å². The summed E-state index contributed by atoms with van der Waals surface area (Å²) in [5.74, 6) is 2.27. The molecule has 1 fully saturated rings. The summed E-state index contributed by atoms with van der Waals surface area (Å²) < 4.78 is 5.82. The fraction of sp³-hybridized carbons (Fsp3) is 0.714. The number of ether oxygens (including phenoxy) is 1. The number of nitrogens with one attached hydrogen (secondary N) is 1. The van der Waals surface area contributed by atoms with Crippen LogP contribution in [0.3, 0.4) is 0 Å². The average Bonchev–Trinajstić information content (AvgIpc) is 2.35. The van der Waals surface area contributed by atoms with E-state index in [9.17, 15) is 0 Å². The predicted molar refractivity (Wildman–Crippen MR) is 70.8 cm³/mol. The zero-order chi connectivity index (χ0) is 12.1. The molecule has 17 heavy (non-hydrogen) atoms. The standard InChI is InChI=1S/C14H24N2O/c1-12-3-4-14(11-13(12)2)17-10-9-16-7-5-15-6-8-16/h3-4,11-13,15H,5-10H2,1-2H3/t12-,13+/m0/s1. The Kier molecular flexibility index (Phi) is 4.63. The first-order chi connectivity index (χ1) is 8.25. The number of rotatable bonds is 4. The minimum atomic E-state index is 0.592. The molecule has 0 bridgehead atoms. The van der Waals surface area contributed by atoms with Gasteiger partial charge in [0.15, 0.2) is 0 Å². The van der Waals surface area contributed by atoms with Crippen LogP contribution in [0.1, 0.15) is 13.8 Å². The molecule has 3 heteroatoms. The van der Waals surface area contributed by atoms with Crippen molar-refractivity contribution < 1.29 is 4.74 Å². The van der Waals surface area contributed by atoms with Gasteiger partial charge in [0.1, 0.15) is 12.4 Å². The Hall–Kier alpha value is -0.800. The third-order valence-electron chi connectivity index (χ3n) is 3.71. The van der Waals surface area contributed by atoms with E-state index in [0.717, 1.165) is 45.1 Å². The summed E-state index contributed by atoms with van der Waals surface area (Å²) in [4.78, 5) is 2.45. The van der Waals surface area contributed by atoms with Crippen molar-refractivity contribution in [1.29, 1.82) is 0 Å². The first-order valence-electron chi connectivity index (χ1n) is 6.71. The summed E-state index contributed by atoms with van der Waals surface area (Å²) in [6, 6.07) is 0. The SMILES string of the molecule is C[C@@H]1C=C(OCCN2CCNCC2)C=C[C@@H]1C. The Morgan fingerprint density at radius 3 is 2.76 bits per heavy atom. The molecule has 0 aromatic carbocycles. The Labute approximate surface area is 105 Å². The highest BCUT2D eigenvalue weighted by molar-refractivity contribution is 5.19. The number of nitrogens with zero attached hydrogens (tertiary/aromatic N) is 1. The molecule has 2 aliphatic rings. The van der Waals surface area contributed by atoms with E-state index >= 15 is 0 Å². The van der Waals surface area contributed by atoms with Gasteiger partial charge in [-0.25, -0.2) is 0 Å². The van der Waals surface area contributed by atoms with Crippen molar-refractivity contribution in [1.82, 2.24) is 10.2 Å². The normalized spacial score (nSPS) is 30.1. The summed E-state index contributed by atoms with van der Waals surface area (Å²) in [7, 11) is 0. The number of allylic oxidation sites excluding steroid dienone is 3. The highest BCUT2D eigenvalue weighted by Crippen LogP contribution is 2.22. The molecule has 0 unspecified atom stereocenters. The molecule has 0 saturated carbocycles. The maximum Gasteiger partial charge on any atom is 0.115 e. The van der Waals surface area contributed by atoms with E-state index in [4.69, 9.17) is 4.74 Å². The van der Waals surface area contributed by atoms with Crippen molar-refractivity contribution in [3.8, 4) is 0 Å². The Morgan fingerprint density at radius 1 is 1.29 bits per heavy atom. The van der Waals surface area contributed by atoms with E-state index in [0.29, 0.717) is 11.8 Å². The minimum absolute atomic E-state index is 0.592. The van der Waals surface area contributed by atoms with Crippen LogP contribution < -0.4 is 5.32 Å². The van der Waals surface area contributed by atoms with Crippen molar-refractivity contribution >= 4 is 0 Å². The van der Waals surface area contributed by atoms with Gasteiger partial charge in [-0.05, 0) is 24.0 Å². The lowest BCUT2D eigenvalue weighted by Gasteiger charge is -2.27. The molecular formula is C14H24N2O. The van der Waals surface area contributed by atoms with Crippen LogP contribution in [-0.2, 0) is 4.74 Å². The van der Waals surface area contributed by atoms with Crippen molar-refractivity contribution in [3.05, 3.63) is 24.0 Å². The van der Waals surface area contributed by atoms with Gasteiger partial charge in [-0.1, -0.05) is 19.9 Å². The molecular weight excluding hydrogens is 212 g/mol. The van der Waals surface area contributed by atoms with Gasteiger partial charge in [-0.15, -0.1) is 0 Å². The first-order valence-corrected chi connectivity index (χ1v) is 6.71. The van der Waals surface area contributed by atoms with Crippen LogP contribution in [0, 0.1) is 11.8 Å². The molecule has 0 spiro atoms. The molecule has 1 N–H and O–H groups in total. The highest BCUT2D eigenvalue weighted by atomic mass is 16.5. The van der Waals surface area contributed by atoms with Crippen molar-refractivity contribution in [2.24, 2.45) is 11.8 Å². The van der Waals surface area contributed by atoms with Gasteiger partial charge >= 0.3 is 0 Å². The topological polar surface area (TPSA) is 24.5 Å². The van der Waals surface area contributed by atoms with Gasteiger partial charge in [-0.2, -0.15) is 0 Å². The molecule has 0 radical (unpaired) electrons. The van der Waals surface area contributed by atoms with Crippen LogP contribution in [0.15, 0.2) is 24.0 Å². The lowest BCUT2D eigenvalue weighted by molar-refractivity contribution is 0.151. The quantitative estimate of drug-likeness (QED) is 0.803. The van der Waals surface area contributed by atoms with Crippen LogP contribution >= 0.6 is 0 Å². The molecule has 96 valence electrons. The van der Waals surface area contributed by atoms with Gasteiger partial charge in [0.2, 0.25) is 0 Å². The number of hydrogen-bond donors (Lipinski definition) is 1. The van der Waals surface area contributed by atoms with E-state index < -0.39 is 0 Å². The third-order valence-corrected chi connectivity index (χ3v) is 3.71. The van der Waals surface area contributed by atoms with E-state index in [2.05, 4.69) is 42.3 Å². The molecule has 1 aliphatic heterocycles. The van der Waals surface area contributed by atoms with Crippen LogP contribution in [0.4, 0.5) is 0 Å². The predicted octanol–water partition coefficient (Wildman–Crippen LogP) is 1.63. The maximum absolute atomic E-state index is 5.82. The van der Waals surface area contributed by atoms with Gasteiger partial charge in [0, 0.05) is 32.7 Å². The molecule has 2 atom stereocenters. The van der Waals surface area contributed by atoms with Crippen LogP contribution in [0.25, 0.3) is 0 Å². The smallest absolute Gasteiger partial charge is 0.115 e. The molecule has 2 rings (SSSR count). The van der Waals surface area contributed by atoms with Crippen LogP contribution in [0.2, 0.25) is 0 Å². The zero-order valence-corrected chi connectivity index (χ0v) is 11.0. The monoisotopic (exact) mass is 236 g/mol. The van der Waals surface area contributed by atoms with E-state index in [1.807, 2.05) is 0 Å². The van der Waals surface area contributed by atoms with Crippen molar-refractivity contribution in [2.45, 2.75) is 13.8 Å². The second-order valence-corrected chi connectivity index (χ2v) is 5.09. The third kappa shape index (κ3) is 3.86. The van der Waals surface area contributed by atoms with Crippen molar-refractivity contribution in [2.75, 3.05) is 39.3 Å². The Balaban J connectivity index is 1.68. The Bertz CT molecular complexity index is 293. The maximum atomic E-state index is 5.82. The summed E-state index contributed by atoms with van der Waals surface area (Å²) in [5, 5.41) is 3.36. The lowest BCUT2D eigenvalue weighted by Crippen LogP contribution is -2.44. The van der Waals surface area contributed by atoms with E-state index in [1.54, 1.807) is 0 Å². The second-order valence-electron chi connectivity index (χ2n) is 5.09. The summed E-state index contributed by atoms with van der Waals surface area (Å²) in [5.41, 5.74) is 0. The summed E-state index contributed by atoms with van der Waals surface area (Å²) in [6.07, 6.45) is 6.59. The fourth-order valence-electron chi connectivity index (χ4n) is 2.21.